The summed E-state index contributed by atoms with van der Waals surface area (Å²) in [6.45, 7) is 0.880. The molecule has 28 heavy (non-hydrogen) atoms. The van der Waals surface area contributed by atoms with Gasteiger partial charge in [-0.25, -0.2) is 0 Å². The van der Waals surface area contributed by atoms with Crippen molar-refractivity contribution in [1.29, 1.82) is 0 Å². The van der Waals surface area contributed by atoms with E-state index in [1.807, 2.05) is 12.1 Å². The highest BCUT2D eigenvalue weighted by Crippen LogP contribution is 2.22. The first-order valence-electron chi connectivity index (χ1n) is 8.52. The van der Waals surface area contributed by atoms with E-state index in [4.69, 9.17) is 16.3 Å². The topological polar surface area (TPSA) is 101 Å². The van der Waals surface area contributed by atoms with Crippen LogP contribution >= 0.6 is 11.6 Å². The second kappa shape index (κ2) is 9.52. The van der Waals surface area contributed by atoms with Gasteiger partial charge in [-0.05, 0) is 42.5 Å². The maximum atomic E-state index is 12.3. The van der Waals surface area contributed by atoms with Crippen molar-refractivity contribution >= 4 is 34.8 Å². The lowest BCUT2D eigenvalue weighted by Crippen LogP contribution is -2.29. The molecule has 0 atom stereocenters. The Hall–Kier alpha value is -3.39. The summed E-state index contributed by atoms with van der Waals surface area (Å²) in [5.41, 5.74) is 1.22. The van der Waals surface area contributed by atoms with Gasteiger partial charge in [0.25, 0.3) is 5.91 Å². The van der Waals surface area contributed by atoms with Gasteiger partial charge >= 0.3 is 0 Å². The average molecular weight is 399 g/mol. The molecule has 0 bridgehead atoms. The van der Waals surface area contributed by atoms with Gasteiger partial charge < -0.3 is 20.7 Å². The van der Waals surface area contributed by atoms with Crippen molar-refractivity contribution in [2.75, 3.05) is 30.8 Å². The van der Waals surface area contributed by atoms with Crippen LogP contribution in [0.25, 0.3) is 0 Å². The van der Waals surface area contributed by atoms with Gasteiger partial charge in [-0.1, -0.05) is 11.6 Å². The molecule has 0 spiro atoms. The number of hydrogen-bond acceptors (Lipinski definition) is 7. The summed E-state index contributed by atoms with van der Waals surface area (Å²) in [7, 11) is 1.51. The van der Waals surface area contributed by atoms with Crippen molar-refractivity contribution in [3.63, 3.8) is 0 Å². The molecule has 0 aliphatic heterocycles. The number of benzene rings is 1. The molecule has 144 valence electrons. The minimum Gasteiger partial charge on any atom is -0.496 e. The highest BCUT2D eigenvalue weighted by Gasteiger charge is 2.12. The van der Waals surface area contributed by atoms with Crippen molar-refractivity contribution in [3.8, 4) is 5.75 Å². The number of halogens is 1. The summed E-state index contributed by atoms with van der Waals surface area (Å²) in [4.78, 5) is 16.3. The van der Waals surface area contributed by atoms with E-state index in [9.17, 15) is 4.79 Å². The molecule has 3 aromatic rings. The van der Waals surface area contributed by atoms with E-state index in [2.05, 4.69) is 31.1 Å². The fraction of sp³-hybridized carbons (Fsp3) is 0.158. The molecule has 0 saturated heterocycles. The molecular weight excluding hydrogens is 380 g/mol. The van der Waals surface area contributed by atoms with Gasteiger partial charge in [0.1, 0.15) is 11.6 Å². The molecule has 3 N–H and O–H groups in total. The minimum atomic E-state index is -0.261. The first-order valence-corrected chi connectivity index (χ1v) is 8.90. The summed E-state index contributed by atoms with van der Waals surface area (Å²) in [5.74, 6) is 1.42. The Morgan fingerprint density at radius 2 is 1.93 bits per heavy atom. The van der Waals surface area contributed by atoms with Crippen LogP contribution in [-0.2, 0) is 0 Å². The lowest BCUT2D eigenvalue weighted by atomic mass is 10.2. The molecular formula is C19H19ClN6O2. The lowest BCUT2D eigenvalue weighted by Gasteiger charge is -2.10. The highest BCUT2D eigenvalue weighted by atomic mass is 35.5. The minimum absolute atomic E-state index is 0.261. The van der Waals surface area contributed by atoms with E-state index >= 15 is 0 Å². The third-order valence-corrected chi connectivity index (χ3v) is 3.96. The van der Waals surface area contributed by atoms with E-state index in [0.717, 1.165) is 5.69 Å². The molecule has 2 aromatic heterocycles. The lowest BCUT2D eigenvalue weighted by molar-refractivity contribution is 0.0952. The Labute approximate surface area is 167 Å². The zero-order valence-corrected chi connectivity index (χ0v) is 15.9. The third kappa shape index (κ3) is 5.31. The monoisotopic (exact) mass is 398 g/mol. The van der Waals surface area contributed by atoms with Gasteiger partial charge in [0.2, 0.25) is 0 Å². The van der Waals surface area contributed by atoms with Gasteiger partial charge in [-0.3, -0.25) is 9.78 Å². The number of methoxy groups -OCH3 is 1. The molecule has 1 amide bonds. The Balaban J connectivity index is 1.46. The molecule has 0 aliphatic rings. The largest absolute Gasteiger partial charge is 0.496 e. The van der Waals surface area contributed by atoms with E-state index in [-0.39, 0.29) is 5.91 Å². The predicted octanol–water partition coefficient (Wildman–Crippen LogP) is 3.12. The Morgan fingerprint density at radius 1 is 1.11 bits per heavy atom. The first-order chi connectivity index (χ1) is 13.7. The molecule has 0 aliphatic carbocycles. The van der Waals surface area contributed by atoms with Gasteiger partial charge in [-0.15, -0.1) is 10.2 Å². The number of carbonyl (C=O) groups is 1. The Morgan fingerprint density at radius 3 is 2.64 bits per heavy atom. The summed E-state index contributed by atoms with van der Waals surface area (Å²) >= 11 is 5.95. The van der Waals surface area contributed by atoms with Crippen molar-refractivity contribution in [2.45, 2.75) is 0 Å². The molecule has 9 heteroatoms. The maximum absolute atomic E-state index is 12.3. The maximum Gasteiger partial charge on any atom is 0.255 e. The number of nitrogens with one attached hydrogen (secondary N) is 3. The molecule has 0 saturated carbocycles. The van der Waals surface area contributed by atoms with E-state index in [1.54, 1.807) is 42.7 Å². The first kappa shape index (κ1) is 19.4. The number of ether oxygens (including phenoxy) is 1. The average Bonchev–Trinajstić information content (AvgIpc) is 2.73. The highest BCUT2D eigenvalue weighted by molar-refractivity contribution is 6.31. The van der Waals surface area contributed by atoms with Crippen molar-refractivity contribution in [3.05, 3.63) is 65.4 Å². The van der Waals surface area contributed by atoms with Crippen LogP contribution < -0.4 is 20.7 Å². The fourth-order valence-corrected chi connectivity index (χ4v) is 2.57. The van der Waals surface area contributed by atoms with Crippen molar-refractivity contribution in [2.24, 2.45) is 0 Å². The standard InChI is InChI=1S/C19H19ClN6O2/c1-28-16-5-4-13(20)11-15(16)19(27)23-10-9-22-17-6-7-18(26-25-17)24-14-3-2-8-21-12-14/h2-8,11-12H,9-10H2,1H3,(H,22,25)(H,23,27)(H,24,26). The molecule has 3 rings (SSSR count). The van der Waals surface area contributed by atoms with Crippen LogP contribution in [0.1, 0.15) is 10.4 Å². The molecule has 1 aromatic carbocycles. The molecule has 0 fully saturated rings. The van der Waals surface area contributed by atoms with Gasteiger partial charge in [0.15, 0.2) is 5.82 Å². The summed E-state index contributed by atoms with van der Waals surface area (Å²) in [6, 6.07) is 12.2. The quantitative estimate of drug-likeness (QED) is 0.501. The van der Waals surface area contributed by atoms with E-state index in [1.165, 1.54) is 7.11 Å². The van der Waals surface area contributed by atoms with Crippen molar-refractivity contribution < 1.29 is 9.53 Å². The number of amides is 1. The number of nitrogens with zero attached hydrogens (tertiary/aromatic N) is 3. The predicted molar refractivity (Wildman–Crippen MR) is 108 cm³/mol. The van der Waals surface area contributed by atoms with E-state index < -0.39 is 0 Å². The Kier molecular flexibility index (Phi) is 6.59. The Bertz CT molecular complexity index is 921. The van der Waals surface area contributed by atoms with Gasteiger partial charge in [-0.2, -0.15) is 0 Å². The van der Waals surface area contributed by atoms with Crippen LogP contribution in [0, 0.1) is 0 Å². The van der Waals surface area contributed by atoms with Crippen LogP contribution in [-0.4, -0.2) is 41.3 Å². The summed E-state index contributed by atoms with van der Waals surface area (Å²) < 4.78 is 5.19. The SMILES string of the molecule is COc1ccc(Cl)cc1C(=O)NCCNc1ccc(Nc2cccnc2)nn1. The number of pyridine rings is 1. The van der Waals surface area contributed by atoms with Crippen LogP contribution in [0.15, 0.2) is 54.9 Å². The zero-order valence-electron chi connectivity index (χ0n) is 15.1. The molecule has 8 nitrogen and oxygen atoms in total. The molecule has 2 heterocycles. The van der Waals surface area contributed by atoms with E-state index in [0.29, 0.717) is 41.1 Å². The number of hydrogen-bond donors (Lipinski definition) is 3. The fourth-order valence-electron chi connectivity index (χ4n) is 2.40. The van der Waals surface area contributed by atoms with Gasteiger partial charge in [0, 0.05) is 24.3 Å². The van der Waals surface area contributed by atoms with Gasteiger partial charge in [0.05, 0.1) is 24.6 Å². The van der Waals surface area contributed by atoms with Crippen LogP contribution in [0.2, 0.25) is 5.02 Å². The smallest absolute Gasteiger partial charge is 0.255 e. The van der Waals surface area contributed by atoms with Crippen molar-refractivity contribution in [1.82, 2.24) is 20.5 Å². The number of rotatable bonds is 8. The van der Waals surface area contributed by atoms with Crippen LogP contribution in [0.5, 0.6) is 5.75 Å². The number of aromatic nitrogens is 3. The summed E-state index contributed by atoms with van der Waals surface area (Å²) in [5, 5.41) is 17.7. The van der Waals surface area contributed by atoms with Crippen LogP contribution in [0.3, 0.4) is 0 Å². The molecule has 0 radical (unpaired) electrons. The third-order valence-electron chi connectivity index (χ3n) is 3.72. The summed E-state index contributed by atoms with van der Waals surface area (Å²) in [6.07, 6.45) is 3.40. The zero-order chi connectivity index (χ0) is 19.8. The van der Waals surface area contributed by atoms with Crippen LogP contribution in [0.4, 0.5) is 17.3 Å². The normalized spacial score (nSPS) is 10.2. The number of anilines is 3. The number of carbonyl (C=O) groups excluding carboxylic acids is 1. The molecule has 0 unspecified atom stereocenters. The second-order valence-electron chi connectivity index (χ2n) is 5.70. The second-order valence-corrected chi connectivity index (χ2v) is 6.13.